The third kappa shape index (κ3) is 4.78. The first kappa shape index (κ1) is 16.4. The number of unbranched alkanes of at least 4 members (excludes halogenated alkanes) is 1. The summed E-state index contributed by atoms with van der Waals surface area (Å²) in [6, 6.07) is 1.28. The summed E-state index contributed by atoms with van der Waals surface area (Å²) in [5, 5.41) is 0. The number of benzene rings is 1. The molecule has 0 unspecified atom stereocenters. The van der Waals surface area contributed by atoms with Crippen molar-refractivity contribution in [2.24, 2.45) is 5.73 Å². The third-order valence-corrected chi connectivity index (χ3v) is 2.33. The smallest absolute Gasteiger partial charge is 0.330 e. The van der Waals surface area contributed by atoms with E-state index in [1.165, 1.54) is 0 Å². The highest BCUT2D eigenvalue weighted by atomic mass is 19.4. The first-order valence-corrected chi connectivity index (χ1v) is 5.63. The van der Waals surface area contributed by atoms with Crippen molar-refractivity contribution in [2.75, 3.05) is 6.54 Å². The molecule has 0 saturated heterocycles. The fraction of sp³-hybridized carbons (Fsp3) is 0.385. The maximum Gasteiger partial charge on any atom is 0.416 e. The van der Waals surface area contributed by atoms with Crippen LogP contribution in [0.1, 0.15) is 29.5 Å². The van der Waals surface area contributed by atoms with Gasteiger partial charge in [0.25, 0.3) is 0 Å². The average Bonchev–Trinajstić information content (AvgIpc) is 2.32. The van der Waals surface area contributed by atoms with E-state index in [1.54, 1.807) is 0 Å². The molecule has 110 valence electrons. The van der Waals surface area contributed by atoms with Gasteiger partial charge in [0.15, 0.2) is 0 Å². The van der Waals surface area contributed by atoms with Gasteiger partial charge in [-0.25, -0.2) is 0 Å². The summed E-state index contributed by atoms with van der Waals surface area (Å²) in [5.41, 5.74) is 2.16. The maximum atomic E-state index is 12.5. The number of nitrogens with two attached hydrogens (primary N) is 1. The molecule has 0 heterocycles. The molecule has 0 aromatic heterocycles. The van der Waals surface area contributed by atoms with Crippen molar-refractivity contribution in [1.82, 2.24) is 0 Å². The van der Waals surface area contributed by atoms with E-state index in [0.29, 0.717) is 31.5 Å². The van der Waals surface area contributed by atoms with Crippen LogP contribution >= 0.6 is 0 Å². The second kappa shape index (κ2) is 6.18. The molecule has 1 nitrogen and oxygen atoms in total. The maximum absolute atomic E-state index is 12.5. The zero-order valence-electron chi connectivity index (χ0n) is 10.2. The molecule has 7 heteroatoms. The molecule has 0 atom stereocenters. The molecular weight excluding hydrogens is 284 g/mol. The predicted molar refractivity (Wildman–Crippen MR) is 61.6 cm³/mol. The van der Waals surface area contributed by atoms with Gasteiger partial charge in [-0.05, 0) is 31.2 Å². The lowest BCUT2D eigenvalue weighted by Gasteiger charge is -2.12. The summed E-state index contributed by atoms with van der Waals surface area (Å²) < 4.78 is 75.3. The van der Waals surface area contributed by atoms with E-state index < -0.39 is 23.5 Å². The zero-order chi connectivity index (χ0) is 15.4. The molecule has 20 heavy (non-hydrogen) atoms. The Bertz CT molecular complexity index is 486. The van der Waals surface area contributed by atoms with Crippen LogP contribution < -0.4 is 5.73 Å². The monoisotopic (exact) mass is 295 g/mol. The molecule has 1 rings (SSSR count). The molecule has 1 aromatic carbocycles. The summed E-state index contributed by atoms with van der Waals surface area (Å²) in [5.74, 6) is 4.79. The van der Waals surface area contributed by atoms with Crippen LogP contribution in [0.15, 0.2) is 18.2 Å². The zero-order valence-corrected chi connectivity index (χ0v) is 10.2. The second-order valence-corrected chi connectivity index (χ2v) is 3.99. The Kier molecular flexibility index (Phi) is 5.06. The van der Waals surface area contributed by atoms with Gasteiger partial charge in [0.1, 0.15) is 0 Å². The summed E-state index contributed by atoms with van der Waals surface area (Å²) in [7, 11) is 0. The highest BCUT2D eigenvalue weighted by Crippen LogP contribution is 2.36. The van der Waals surface area contributed by atoms with E-state index in [4.69, 9.17) is 5.73 Å². The van der Waals surface area contributed by atoms with Crippen molar-refractivity contribution < 1.29 is 26.3 Å². The number of halogens is 6. The van der Waals surface area contributed by atoms with E-state index >= 15 is 0 Å². The number of hydrogen-bond acceptors (Lipinski definition) is 1. The van der Waals surface area contributed by atoms with Crippen molar-refractivity contribution in [2.45, 2.75) is 25.2 Å². The number of hydrogen-bond donors (Lipinski definition) is 1. The summed E-state index contributed by atoms with van der Waals surface area (Å²) in [6.07, 6.45) is -8.86. The van der Waals surface area contributed by atoms with Gasteiger partial charge in [-0.3, -0.25) is 0 Å². The molecule has 0 aliphatic carbocycles. The third-order valence-electron chi connectivity index (χ3n) is 2.33. The van der Waals surface area contributed by atoms with Crippen molar-refractivity contribution in [3.63, 3.8) is 0 Å². The molecule has 0 saturated carbocycles. The van der Waals surface area contributed by atoms with Crippen molar-refractivity contribution in [3.8, 4) is 11.8 Å². The van der Waals surface area contributed by atoms with Crippen LogP contribution in [0.3, 0.4) is 0 Å². The SMILES string of the molecule is NCCCC#Cc1cc(C(F)(F)F)cc(C(F)(F)F)c1. The van der Waals surface area contributed by atoms with Crippen molar-refractivity contribution in [3.05, 3.63) is 34.9 Å². The molecule has 0 bridgehead atoms. The quantitative estimate of drug-likeness (QED) is 0.501. The van der Waals surface area contributed by atoms with Crippen LogP contribution in [0.25, 0.3) is 0 Å². The molecule has 0 aliphatic rings. The van der Waals surface area contributed by atoms with Gasteiger partial charge < -0.3 is 5.73 Å². The molecule has 0 fully saturated rings. The van der Waals surface area contributed by atoms with E-state index in [9.17, 15) is 26.3 Å². The van der Waals surface area contributed by atoms with Gasteiger partial charge >= 0.3 is 12.4 Å². The van der Waals surface area contributed by atoms with E-state index in [1.807, 2.05) is 0 Å². The van der Waals surface area contributed by atoms with Gasteiger partial charge in [0.2, 0.25) is 0 Å². The lowest BCUT2D eigenvalue weighted by Crippen LogP contribution is -2.11. The normalized spacial score (nSPS) is 11.9. The number of rotatable bonds is 2. The van der Waals surface area contributed by atoms with E-state index in [2.05, 4.69) is 11.8 Å². The lowest BCUT2D eigenvalue weighted by molar-refractivity contribution is -0.143. The second-order valence-electron chi connectivity index (χ2n) is 3.99. The fourth-order valence-corrected chi connectivity index (χ4v) is 1.38. The Labute approximate surface area is 111 Å². The first-order valence-electron chi connectivity index (χ1n) is 5.63. The lowest BCUT2D eigenvalue weighted by atomic mass is 10.0. The Balaban J connectivity index is 3.20. The fourth-order valence-electron chi connectivity index (χ4n) is 1.38. The van der Waals surface area contributed by atoms with E-state index in [-0.39, 0.29) is 11.6 Å². The minimum atomic E-state index is -4.85. The number of alkyl halides is 6. The molecule has 0 aliphatic heterocycles. The average molecular weight is 295 g/mol. The molecule has 0 radical (unpaired) electrons. The summed E-state index contributed by atoms with van der Waals surface area (Å²) in [4.78, 5) is 0. The van der Waals surface area contributed by atoms with Gasteiger partial charge in [0.05, 0.1) is 11.1 Å². The van der Waals surface area contributed by atoms with Crippen LogP contribution in [0, 0.1) is 11.8 Å². The molecule has 1 aromatic rings. The van der Waals surface area contributed by atoms with Gasteiger partial charge in [-0.1, -0.05) is 11.8 Å². The van der Waals surface area contributed by atoms with Crippen LogP contribution in [0.5, 0.6) is 0 Å². The van der Waals surface area contributed by atoms with Crippen LogP contribution in [0.4, 0.5) is 26.3 Å². The molecular formula is C13H11F6N. The Morgan fingerprint density at radius 2 is 1.40 bits per heavy atom. The van der Waals surface area contributed by atoms with Gasteiger partial charge in [-0.15, -0.1) is 0 Å². The van der Waals surface area contributed by atoms with Crippen molar-refractivity contribution >= 4 is 0 Å². The molecule has 0 spiro atoms. The van der Waals surface area contributed by atoms with Crippen molar-refractivity contribution in [1.29, 1.82) is 0 Å². The topological polar surface area (TPSA) is 26.0 Å². The summed E-state index contributed by atoms with van der Waals surface area (Å²) in [6.45, 7) is 0.352. The molecule has 2 N–H and O–H groups in total. The minimum absolute atomic E-state index is 0.0745. The van der Waals surface area contributed by atoms with E-state index in [0.717, 1.165) is 0 Å². The predicted octanol–water partition coefficient (Wildman–Crippen LogP) is 3.81. The molecule has 0 amide bonds. The first-order chi connectivity index (χ1) is 9.14. The Morgan fingerprint density at radius 1 is 0.900 bits per heavy atom. The van der Waals surface area contributed by atoms with Crippen LogP contribution in [-0.4, -0.2) is 6.54 Å². The standard InChI is InChI=1S/C13H11F6N/c14-12(15,16)10-6-9(4-2-1-3-5-20)7-11(8-10)13(17,18)19/h6-8H,1,3,5,20H2. The Hall–Kier alpha value is -1.68. The highest BCUT2D eigenvalue weighted by Gasteiger charge is 2.36. The van der Waals surface area contributed by atoms with Crippen LogP contribution in [-0.2, 0) is 12.4 Å². The van der Waals surface area contributed by atoms with Gasteiger partial charge in [0, 0.05) is 12.0 Å². The largest absolute Gasteiger partial charge is 0.416 e. The highest BCUT2D eigenvalue weighted by molar-refractivity contribution is 5.42. The Morgan fingerprint density at radius 3 is 1.80 bits per heavy atom. The van der Waals surface area contributed by atoms with Gasteiger partial charge in [-0.2, -0.15) is 26.3 Å². The minimum Gasteiger partial charge on any atom is -0.330 e. The summed E-state index contributed by atoms with van der Waals surface area (Å²) >= 11 is 0. The van der Waals surface area contributed by atoms with Crippen LogP contribution in [0.2, 0.25) is 0 Å².